The highest BCUT2D eigenvalue weighted by Gasteiger charge is 2.24. The molecule has 11 nitrogen and oxygen atoms in total. The highest BCUT2D eigenvalue weighted by molar-refractivity contribution is 7.89. The Morgan fingerprint density at radius 3 is 2.56 bits per heavy atom. The Morgan fingerprint density at radius 2 is 1.88 bits per heavy atom. The molecule has 3 rings (SSSR count). The standard InChI is InChI=1S/C20H23N5O6S/c1-13-5-6-14(19(26)23-15-7-8-15)11-18(13)24-20(27)21-9-10-22-32(30,31)17-4-2-3-16(12-17)25(28)29/h2-6,11-12,15,22H,7-10H2,1H3,(H,23,26)(H2,21,24,27). The highest BCUT2D eigenvalue weighted by Crippen LogP contribution is 2.21. The average molecular weight is 462 g/mol. The summed E-state index contributed by atoms with van der Waals surface area (Å²) in [4.78, 5) is 34.2. The lowest BCUT2D eigenvalue weighted by atomic mass is 10.1. The third-order valence-corrected chi connectivity index (χ3v) is 6.16. The molecule has 2 aromatic rings. The van der Waals surface area contributed by atoms with Crippen LogP contribution in [0.3, 0.4) is 0 Å². The smallest absolute Gasteiger partial charge is 0.319 e. The Balaban J connectivity index is 1.50. The van der Waals surface area contributed by atoms with Crippen LogP contribution in [-0.2, 0) is 10.0 Å². The number of carbonyl (C=O) groups is 2. The molecule has 0 bridgehead atoms. The summed E-state index contributed by atoms with van der Waals surface area (Å²) in [5.74, 6) is -0.202. The van der Waals surface area contributed by atoms with Crippen LogP contribution >= 0.6 is 0 Å². The molecule has 1 fully saturated rings. The number of anilines is 1. The van der Waals surface area contributed by atoms with Crippen molar-refractivity contribution >= 4 is 33.3 Å². The maximum absolute atomic E-state index is 12.3. The first-order chi connectivity index (χ1) is 15.2. The first-order valence-electron chi connectivity index (χ1n) is 9.86. The summed E-state index contributed by atoms with van der Waals surface area (Å²) in [6.45, 7) is 1.63. The van der Waals surface area contributed by atoms with E-state index >= 15 is 0 Å². The van der Waals surface area contributed by atoms with Crippen LogP contribution in [0.5, 0.6) is 0 Å². The van der Waals surface area contributed by atoms with Crippen LogP contribution in [0.2, 0.25) is 0 Å². The minimum absolute atomic E-state index is 0.0269. The van der Waals surface area contributed by atoms with Gasteiger partial charge in [-0.25, -0.2) is 17.9 Å². The van der Waals surface area contributed by atoms with Crippen molar-refractivity contribution in [3.8, 4) is 0 Å². The first kappa shape index (κ1) is 23.2. The molecule has 3 amide bonds. The van der Waals surface area contributed by atoms with Crippen LogP contribution in [0.4, 0.5) is 16.2 Å². The largest absolute Gasteiger partial charge is 0.349 e. The zero-order chi connectivity index (χ0) is 23.3. The van der Waals surface area contributed by atoms with E-state index in [0.29, 0.717) is 11.3 Å². The van der Waals surface area contributed by atoms with E-state index in [1.54, 1.807) is 25.1 Å². The molecular weight excluding hydrogens is 438 g/mol. The zero-order valence-corrected chi connectivity index (χ0v) is 18.1. The van der Waals surface area contributed by atoms with Crippen LogP contribution in [-0.4, -0.2) is 44.4 Å². The molecule has 170 valence electrons. The number of benzene rings is 2. The van der Waals surface area contributed by atoms with Crippen LogP contribution in [0.25, 0.3) is 0 Å². The van der Waals surface area contributed by atoms with Crippen molar-refractivity contribution < 1.29 is 22.9 Å². The molecule has 0 heterocycles. The quantitative estimate of drug-likeness (QED) is 0.253. The number of sulfonamides is 1. The highest BCUT2D eigenvalue weighted by atomic mass is 32.2. The molecule has 0 unspecified atom stereocenters. The van der Waals surface area contributed by atoms with Gasteiger partial charge in [0.25, 0.3) is 11.6 Å². The number of amides is 3. The van der Waals surface area contributed by atoms with Crippen molar-refractivity contribution in [2.24, 2.45) is 0 Å². The van der Waals surface area contributed by atoms with Gasteiger partial charge in [-0.3, -0.25) is 14.9 Å². The lowest BCUT2D eigenvalue weighted by Crippen LogP contribution is -2.37. The molecule has 0 aliphatic heterocycles. The Bertz CT molecular complexity index is 1150. The van der Waals surface area contributed by atoms with E-state index in [1.165, 1.54) is 18.2 Å². The molecule has 1 aliphatic carbocycles. The van der Waals surface area contributed by atoms with E-state index in [9.17, 15) is 28.1 Å². The third kappa shape index (κ3) is 6.25. The molecule has 32 heavy (non-hydrogen) atoms. The normalized spacial score (nSPS) is 13.3. The fraction of sp³-hybridized carbons (Fsp3) is 0.300. The Kier molecular flexibility index (Phi) is 7.05. The van der Waals surface area contributed by atoms with Gasteiger partial charge in [0.15, 0.2) is 0 Å². The van der Waals surface area contributed by atoms with Gasteiger partial charge in [-0.2, -0.15) is 0 Å². The SMILES string of the molecule is Cc1ccc(C(=O)NC2CC2)cc1NC(=O)NCCNS(=O)(=O)c1cccc([N+](=O)[O-])c1. The van der Waals surface area contributed by atoms with Crippen molar-refractivity contribution in [3.63, 3.8) is 0 Å². The fourth-order valence-electron chi connectivity index (χ4n) is 2.77. The maximum atomic E-state index is 12.3. The number of carbonyl (C=O) groups excluding carboxylic acids is 2. The van der Waals surface area contributed by atoms with Gasteiger partial charge in [0.05, 0.1) is 9.82 Å². The number of hydrogen-bond acceptors (Lipinski definition) is 6. The Hall–Kier alpha value is -3.51. The van der Waals surface area contributed by atoms with E-state index in [2.05, 4.69) is 20.7 Å². The van der Waals surface area contributed by atoms with Gasteiger partial charge in [-0.1, -0.05) is 12.1 Å². The number of nitrogens with zero attached hydrogens (tertiary/aromatic N) is 1. The molecular formula is C20H23N5O6S. The molecule has 0 spiro atoms. The van der Waals surface area contributed by atoms with Crippen LogP contribution in [0.15, 0.2) is 47.4 Å². The molecule has 1 saturated carbocycles. The minimum Gasteiger partial charge on any atom is -0.349 e. The summed E-state index contributed by atoms with van der Waals surface area (Å²) in [5.41, 5.74) is 1.31. The van der Waals surface area contributed by atoms with Crippen LogP contribution < -0.4 is 20.7 Å². The summed E-state index contributed by atoms with van der Waals surface area (Å²) in [6, 6.07) is 9.30. The van der Waals surface area contributed by atoms with Gasteiger partial charge in [0, 0.05) is 42.5 Å². The number of non-ortho nitro benzene ring substituents is 1. The number of aryl methyl sites for hydroxylation is 1. The van der Waals surface area contributed by atoms with Crippen molar-refractivity contribution in [1.82, 2.24) is 15.4 Å². The van der Waals surface area contributed by atoms with Crippen LogP contribution in [0, 0.1) is 17.0 Å². The molecule has 0 aromatic heterocycles. The summed E-state index contributed by atoms with van der Waals surface area (Å²) in [7, 11) is -3.97. The summed E-state index contributed by atoms with van der Waals surface area (Å²) in [6.07, 6.45) is 1.94. The topological polar surface area (TPSA) is 160 Å². The van der Waals surface area contributed by atoms with Crippen molar-refractivity contribution in [1.29, 1.82) is 0 Å². The van der Waals surface area contributed by atoms with Gasteiger partial charge in [-0.05, 0) is 43.5 Å². The molecule has 12 heteroatoms. The van der Waals surface area contributed by atoms with Crippen molar-refractivity contribution in [2.45, 2.75) is 30.7 Å². The molecule has 0 radical (unpaired) electrons. The van der Waals surface area contributed by atoms with Crippen molar-refractivity contribution in [3.05, 3.63) is 63.7 Å². The summed E-state index contributed by atoms with van der Waals surface area (Å²) in [5, 5.41) is 18.8. The maximum Gasteiger partial charge on any atom is 0.319 e. The molecule has 0 atom stereocenters. The van der Waals surface area contributed by atoms with Gasteiger partial charge < -0.3 is 16.0 Å². The van der Waals surface area contributed by atoms with Crippen molar-refractivity contribution in [2.75, 3.05) is 18.4 Å². The lowest BCUT2D eigenvalue weighted by Gasteiger charge is -2.12. The minimum atomic E-state index is -3.97. The van der Waals surface area contributed by atoms with E-state index in [1.807, 2.05) is 0 Å². The Labute approximate surface area is 184 Å². The second kappa shape index (κ2) is 9.75. The molecule has 1 aliphatic rings. The number of rotatable bonds is 9. The van der Waals surface area contributed by atoms with E-state index < -0.39 is 21.0 Å². The second-order valence-corrected chi connectivity index (χ2v) is 9.08. The zero-order valence-electron chi connectivity index (χ0n) is 17.3. The van der Waals surface area contributed by atoms with Gasteiger partial charge in [0.1, 0.15) is 0 Å². The first-order valence-corrected chi connectivity index (χ1v) is 11.3. The van der Waals surface area contributed by atoms with E-state index in [4.69, 9.17) is 0 Å². The molecule has 0 saturated heterocycles. The van der Waals surface area contributed by atoms with E-state index in [0.717, 1.165) is 24.5 Å². The fourth-order valence-corrected chi connectivity index (χ4v) is 3.84. The van der Waals surface area contributed by atoms with Gasteiger partial charge >= 0.3 is 6.03 Å². The number of nitro benzene ring substituents is 1. The summed E-state index contributed by atoms with van der Waals surface area (Å²) < 4.78 is 26.8. The molecule has 2 aromatic carbocycles. The second-order valence-electron chi connectivity index (χ2n) is 7.31. The van der Waals surface area contributed by atoms with Crippen LogP contribution in [0.1, 0.15) is 28.8 Å². The number of hydrogen-bond donors (Lipinski definition) is 4. The third-order valence-electron chi connectivity index (χ3n) is 4.70. The average Bonchev–Trinajstić information content (AvgIpc) is 3.57. The number of nitrogens with one attached hydrogen (secondary N) is 4. The lowest BCUT2D eigenvalue weighted by molar-refractivity contribution is -0.385. The Morgan fingerprint density at radius 1 is 1.12 bits per heavy atom. The predicted molar refractivity (Wildman–Crippen MR) is 117 cm³/mol. The number of nitro groups is 1. The molecule has 4 N–H and O–H groups in total. The monoisotopic (exact) mass is 461 g/mol. The number of urea groups is 1. The summed E-state index contributed by atoms with van der Waals surface area (Å²) >= 11 is 0. The van der Waals surface area contributed by atoms with Gasteiger partial charge in [-0.15, -0.1) is 0 Å². The van der Waals surface area contributed by atoms with Gasteiger partial charge in [0.2, 0.25) is 10.0 Å². The predicted octanol–water partition coefficient (Wildman–Crippen LogP) is 1.90. The van der Waals surface area contributed by atoms with E-state index in [-0.39, 0.29) is 35.6 Å².